The zero-order valence-electron chi connectivity index (χ0n) is 23.3. The van der Waals surface area contributed by atoms with Crippen molar-refractivity contribution in [2.75, 3.05) is 0 Å². The first-order valence-electron chi connectivity index (χ1n) is 13.3. The normalized spacial score (nSPS) is 17.2. The molecule has 0 spiro atoms. The van der Waals surface area contributed by atoms with Crippen molar-refractivity contribution < 1.29 is 14.6 Å². The predicted molar refractivity (Wildman–Crippen MR) is 164 cm³/mol. The van der Waals surface area contributed by atoms with Crippen LogP contribution in [0.5, 0.6) is 0 Å². The van der Waals surface area contributed by atoms with E-state index < -0.39 is 24.2 Å². The summed E-state index contributed by atoms with van der Waals surface area (Å²) in [5.41, 5.74) is -0.590. The third-order valence-corrected chi connectivity index (χ3v) is 10.2. The molecule has 0 saturated heterocycles. The minimum Gasteiger partial charge on any atom is -0.386 e. The monoisotopic (exact) mass is 636 g/mol. The van der Waals surface area contributed by atoms with Gasteiger partial charge in [-0.25, -0.2) is 19.0 Å². The molecule has 0 bridgehead atoms. The highest BCUT2D eigenvalue weighted by atomic mass is 35.5. The molecule has 3 N–H and O–H groups in total. The van der Waals surface area contributed by atoms with E-state index in [0.717, 1.165) is 24.0 Å². The fraction of sp³-hybridized carbons (Fsp3) is 0.429. The van der Waals surface area contributed by atoms with Crippen LogP contribution < -0.4 is 0 Å². The molecule has 1 aliphatic carbocycles. The Bertz CT molecular complexity index is 1490. The maximum Gasteiger partial charge on any atom is 0.215 e. The van der Waals surface area contributed by atoms with Gasteiger partial charge in [0.15, 0.2) is 0 Å². The van der Waals surface area contributed by atoms with E-state index in [1.54, 1.807) is 27.8 Å². The molecule has 2 unspecified atom stereocenters. The van der Waals surface area contributed by atoms with Crippen LogP contribution in [0.4, 0.5) is 4.39 Å². The predicted octanol–water partition coefficient (Wildman–Crippen LogP) is 5.98. The SMILES string of the molecule is C[Si](C)(C)CC(O)(Cn1cncn1)c1ccc(F)cc1.OC(Cc1ccccc1Cl)(Cn1[nH]cnc1=S)C1(Cl)CC1. The van der Waals surface area contributed by atoms with Crippen molar-refractivity contribution in [3.05, 3.63) is 94.3 Å². The van der Waals surface area contributed by atoms with Crippen molar-refractivity contribution in [2.24, 2.45) is 0 Å². The Labute approximate surface area is 255 Å². The number of halogens is 3. The summed E-state index contributed by atoms with van der Waals surface area (Å²) in [6, 6.07) is 14.2. The number of hydrogen-bond acceptors (Lipinski definition) is 6. The van der Waals surface area contributed by atoms with Gasteiger partial charge in [-0.2, -0.15) is 5.10 Å². The Morgan fingerprint density at radius 3 is 2.32 bits per heavy atom. The minimum absolute atomic E-state index is 0.264. The Kier molecular flexibility index (Phi) is 9.57. The number of aromatic nitrogens is 6. The molecule has 0 radical (unpaired) electrons. The van der Waals surface area contributed by atoms with E-state index in [1.165, 1.54) is 24.8 Å². The van der Waals surface area contributed by atoms with Crippen molar-refractivity contribution in [3.8, 4) is 0 Å². The van der Waals surface area contributed by atoms with E-state index in [4.69, 9.17) is 35.4 Å². The van der Waals surface area contributed by atoms with Crippen LogP contribution in [0.2, 0.25) is 30.7 Å². The molecule has 1 saturated carbocycles. The average Bonchev–Trinajstić information content (AvgIpc) is 3.25. The molecule has 2 atom stereocenters. The van der Waals surface area contributed by atoms with Gasteiger partial charge in [-0.3, -0.25) is 9.78 Å². The first-order valence-corrected chi connectivity index (χ1v) is 18.1. The number of aliphatic hydroxyl groups is 2. The third-order valence-electron chi connectivity index (χ3n) is 7.10. The second kappa shape index (κ2) is 12.4. The molecule has 0 aliphatic heterocycles. The minimum atomic E-state index is -1.53. The maximum absolute atomic E-state index is 13.1. The molecule has 2 heterocycles. The van der Waals surface area contributed by atoms with Crippen LogP contribution in [-0.4, -0.2) is 58.3 Å². The van der Waals surface area contributed by atoms with Crippen LogP contribution in [0.3, 0.4) is 0 Å². The average molecular weight is 638 g/mol. The first-order chi connectivity index (χ1) is 19.2. The molecule has 2 aromatic heterocycles. The highest BCUT2D eigenvalue weighted by molar-refractivity contribution is 7.71. The summed E-state index contributed by atoms with van der Waals surface area (Å²) in [7, 11) is -1.53. The van der Waals surface area contributed by atoms with Crippen molar-refractivity contribution in [3.63, 3.8) is 0 Å². The number of hydrogen-bond donors (Lipinski definition) is 3. The summed E-state index contributed by atoms with van der Waals surface area (Å²) < 4.78 is 16.7. The summed E-state index contributed by atoms with van der Waals surface area (Å²) in [5, 5.41) is 29.9. The Morgan fingerprint density at radius 2 is 1.78 bits per heavy atom. The lowest BCUT2D eigenvalue weighted by Gasteiger charge is -2.33. The number of H-pyrrole nitrogens is 1. The van der Waals surface area contributed by atoms with E-state index in [2.05, 4.69) is 39.8 Å². The Hall–Kier alpha value is -2.41. The lowest BCUT2D eigenvalue weighted by atomic mass is 9.89. The second-order valence-electron chi connectivity index (χ2n) is 11.9. The molecular weight excluding hydrogens is 602 g/mol. The number of nitrogens with one attached hydrogen (secondary N) is 1. The van der Waals surface area contributed by atoms with Gasteiger partial charge in [-0.15, -0.1) is 11.6 Å². The van der Waals surface area contributed by atoms with Gasteiger partial charge in [0.25, 0.3) is 0 Å². The van der Waals surface area contributed by atoms with E-state index >= 15 is 0 Å². The lowest BCUT2D eigenvalue weighted by Crippen LogP contribution is -2.47. The van der Waals surface area contributed by atoms with Crippen molar-refractivity contribution in [2.45, 2.75) is 74.1 Å². The molecule has 1 fully saturated rings. The summed E-state index contributed by atoms with van der Waals surface area (Å²) in [6.07, 6.45) is 6.45. The van der Waals surface area contributed by atoms with Gasteiger partial charge in [-0.1, -0.05) is 61.6 Å². The summed E-state index contributed by atoms with van der Waals surface area (Å²) in [4.78, 5) is 7.24. The highest BCUT2D eigenvalue weighted by Gasteiger charge is 2.58. The van der Waals surface area contributed by atoms with Crippen molar-refractivity contribution in [1.82, 2.24) is 29.5 Å². The Morgan fingerprint density at radius 1 is 1.10 bits per heavy atom. The van der Waals surface area contributed by atoms with Gasteiger partial charge in [-0.05, 0) is 60.4 Å². The molecule has 2 aromatic carbocycles. The third kappa shape index (κ3) is 8.12. The quantitative estimate of drug-likeness (QED) is 0.112. The van der Waals surface area contributed by atoms with E-state index in [9.17, 15) is 14.6 Å². The van der Waals surface area contributed by atoms with E-state index in [1.807, 2.05) is 24.3 Å². The maximum atomic E-state index is 13.1. The fourth-order valence-electron chi connectivity index (χ4n) is 5.01. The topological polar surface area (TPSA) is 105 Å². The number of rotatable bonds is 10. The number of benzene rings is 2. The van der Waals surface area contributed by atoms with Gasteiger partial charge in [0.1, 0.15) is 36.0 Å². The van der Waals surface area contributed by atoms with Crippen molar-refractivity contribution in [1.29, 1.82) is 0 Å². The standard InChI is InChI=1S/C14H15Cl2N3OS.C14H20FN3OSi/c15-11-4-2-1-3-10(11)7-14(20,13(16)5-6-13)8-19-12(21)17-9-18-19;1-20(2,3)9-14(19,8-18-11-16-10-17-18)12-4-6-13(15)7-5-12/h1-4,9,20H,5-8H2,(H,17,18,21);4-7,10-11,19H,8-9H2,1-3H3. The first kappa shape index (κ1) is 31.5. The van der Waals surface area contributed by atoms with Crippen LogP contribution in [0.15, 0.2) is 67.5 Å². The molecule has 8 nitrogen and oxygen atoms in total. The molecule has 4 aromatic rings. The molecule has 41 heavy (non-hydrogen) atoms. The summed E-state index contributed by atoms with van der Waals surface area (Å²) >= 11 is 17.9. The van der Waals surface area contributed by atoms with E-state index in [-0.39, 0.29) is 12.4 Å². The fourth-order valence-corrected chi connectivity index (χ4v) is 7.67. The highest BCUT2D eigenvalue weighted by Crippen LogP contribution is 2.53. The molecule has 220 valence electrons. The molecule has 13 heteroatoms. The molecule has 0 amide bonds. The van der Waals surface area contributed by atoms with Gasteiger partial charge in [0.2, 0.25) is 4.77 Å². The summed E-state index contributed by atoms with van der Waals surface area (Å²) in [6.45, 7) is 7.18. The number of nitrogens with zero attached hydrogens (tertiary/aromatic N) is 5. The molecule has 1 aliphatic rings. The smallest absolute Gasteiger partial charge is 0.215 e. The molecule has 5 rings (SSSR count). The van der Waals surface area contributed by atoms with Gasteiger partial charge in [0, 0.05) is 19.5 Å². The van der Waals surface area contributed by atoms with E-state index in [0.29, 0.717) is 28.8 Å². The number of aromatic amines is 1. The van der Waals surface area contributed by atoms with Crippen LogP contribution in [0.25, 0.3) is 0 Å². The molecular formula is C28H35Cl2FN6O2SSi. The van der Waals surface area contributed by atoms with Crippen molar-refractivity contribution >= 4 is 43.5 Å². The Balaban J connectivity index is 0.000000189. The van der Waals surface area contributed by atoms with Crippen LogP contribution in [0.1, 0.15) is 24.0 Å². The van der Waals surface area contributed by atoms with Gasteiger partial charge < -0.3 is 10.2 Å². The summed E-state index contributed by atoms with van der Waals surface area (Å²) in [5.74, 6) is -0.301. The zero-order chi connectivity index (χ0) is 29.9. The van der Waals surface area contributed by atoms with Crippen LogP contribution in [0, 0.1) is 10.6 Å². The second-order valence-corrected chi connectivity index (χ2v) is 18.9. The largest absolute Gasteiger partial charge is 0.386 e. The van der Waals surface area contributed by atoms with Crippen LogP contribution in [-0.2, 0) is 25.1 Å². The van der Waals surface area contributed by atoms with Crippen LogP contribution >= 0.6 is 35.4 Å². The van der Waals surface area contributed by atoms with Gasteiger partial charge in [0.05, 0.1) is 18.0 Å². The zero-order valence-corrected chi connectivity index (χ0v) is 26.6. The lowest BCUT2D eigenvalue weighted by molar-refractivity contribution is 0.00727. The number of alkyl halides is 1. The van der Waals surface area contributed by atoms with Gasteiger partial charge >= 0.3 is 0 Å².